The van der Waals surface area contributed by atoms with Gasteiger partial charge in [0.05, 0.1) is 18.4 Å². The first-order chi connectivity index (χ1) is 13.0. The third kappa shape index (κ3) is 3.66. The first kappa shape index (κ1) is 17.9. The van der Waals surface area contributed by atoms with Crippen LogP contribution in [0, 0.1) is 11.6 Å². The number of fused-ring (bicyclic) bond motifs is 1. The fourth-order valence-electron chi connectivity index (χ4n) is 3.22. The average Bonchev–Trinajstić information content (AvgIpc) is 3.06. The molecule has 0 aliphatic carbocycles. The van der Waals surface area contributed by atoms with Gasteiger partial charge in [-0.15, -0.1) is 0 Å². The van der Waals surface area contributed by atoms with E-state index >= 15 is 0 Å². The Hall–Kier alpha value is -2.48. The molecule has 3 aromatic rings. The van der Waals surface area contributed by atoms with Gasteiger partial charge in [-0.3, -0.25) is 9.58 Å². The quantitative estimate of drug-likeness (QED) is 0.667. The molecule has 2 N–H and O–H groups in total. The zero-order chi connectivity index (χ0) is 19.0. The third-order valence-corrected chi connectivity index (χ3v) is 4.82. The molecule has 1 aromatic heterocycles. The number of nitrogens with one attached hydrogen (secondary N) is 1. The molecule has 0 spiro atoms. The normalized spacial score (nSPS) is 15.4. The molecule has 0 saturated carbocycles. The van der Waals surface area contributed by atoms with Crippen molar-refractivity contribution in [2.45, 2.75) is 19.4 Å². The molecule has 1 atom stereocenters. The van der Waals surface area contributed by atoms with E-state index in [0.717, 1.165) is 23.9 Å². The number of anilines is 1. The van der Waals surface area contributed by atoms with Gasteiger partial charge in [0.15, 0.2) is 6.35 Å². The highest BCUT2D eigenvalue weighted by Crippen LogP contribution is 2.30. The maximum Gasteiger partial charge on any atom is 0.184 e. The SMILES string of the molecule is OC(Nc1cccc(Cl)c1)N1CCn2ncc(-c3cc(F)ccc3F)c2C1. The van der Waals surface area contributed by atoms with Crippen LogP contribution in [0.2, 0.25) is 5.02 Å². The maximum absolute atomic E-state index is 14.2. The van der Waals surface area contributed by atoms with Crippen LogP contribution in [0.3, 0.4) is 0 Å². The summed E-state index contributed by atoms with van der Waals surface area (Å²) in [4.78, 5) is 1.79. The lowest BCUT2D eigenvalue weighted by molar-refractivity contribution is 0.00647. The zero-order valence-electron chi connectivity index (χ0n) is 14.2. The maximum atomic E-state index is 14.2. The van der Waals surface area contributed by atoms with Crippen LogP contribution in [0.5, 0.6) is 0 Å². The molecule has 8 heteroatoms. The van der Waals surface area contributed by atoms with Crippen LogP contribution in [0.15, 0.2) is 48.7 Å². The highest BCUT2D eigenvalue weighted by molar-refractivity contribution is 6.30. The van der Waals surface area contributed by atoms with Crippen molar-refractivity contribution in [2.75, 3.05) is 11.9 Å². The van der Waals surface area contributed by atoms with Crippen LogP contribution in [0.4, 0.5) is 14.5 Å². The van der Waals surface area contributed by atoms with Crippen molar-refractivity contribution in [1.29, 1.82) is 0 Å². The molecule has 0 bridgehead atoms. The molecule has 2 heterocycles. The number of nitrogens with zero attached hydrogens (tertiary/aromatic N) is 3. The predicted molar refractivity (Wildman–Crippen MR) is 99.1 cm³/mol. The van der Waals surface area contributed by atoms with E-state index in [1.807, 2.05) is 0 Å². The van der Waals surface area contributed by atoms with Gasteiger partial charge in [0.25, 0.3) is 0 Å². The van der Waals surface area contributed by atoms with Crippen molar-refractivity contribution >= 4 is 17.3 Å². The Kier molecular flexibility index (Phi) is 4.82. The van der Waals surface area contributed by atoms with Crippen molar-refractivity contribution in [3.63, 3.8) is 0 Å². The molecule has 0 fully saturated rings. The Bertz CT molecular complexity index is 978. The standard InChI is InChI=1S/C19H17ClF2N4O/c20-12-2-1-3-14(8-12)24-19(27)25-6-7-26-18(11-25)16(10-23-26)15-9-13(21)4-5-17(15)22/h1-5,8-10,19,24,27H,6-7,11H2. The summed E-state index contributed by atoms with van der Waals surface area (Å²) >= 11 is 5.97. The van der Waals surface area contributed by atoms with Crippen molar-refractivity contribution in [1.82, 2.24) is 14.7 Å². The van der Waals surface area contributed by atoms with Gasteiger partial charge in [-0.2, -0.15) is 5.10 Å². The average molecular weight is 391 g/mol. The second kappa shape index (κ2) is 7.26. The van der Waals surface area contributed by atoms with Crippen LogP contribution < -0.4 is 5.32 Å². The number of benzene rings is 2. The van der Waals surface area contributed by atoms with Gasteiger partial charge >= 0.3 is 0 Å². The summed E-state index contributed by atoms with van der Waals surface area (Å²) in [5.41, 5.74) is 2.09. The number of rotatable bonds is 4. The topological polar surface area (TPSA) is 53.3 Å². The van der Waals surface area contributed by atoms with Crippen LogP contribution >= 0.6 is 11.6 Å². The summed E-state index contributed by atoms with van der Waals surface area (Å²) in [5, 5.41) is 18.4. The first-order valence-electron chi connectivity index (χ1n) is 8.45. The molecule has 0 saturated heterocycles. The molecular weight excluding hydrogens is 374 g/mol. The van der Waals surface area contributed by atoms with Crippen molar-refractivity contribution in [2.24, 2.45) is 0 Å². The Morgan fingerprint density at radius 3 is 2.78 bits per heavy atom. The number of aliphatic hydroxyl groups excluding tert-OH is 1. The van der Waals surface area contributed by atoms with Gasteiger partial charge in [0.2, 0.25) is 0 Å². The van der Waals surface area contributed by atoms with E-state index in [4.69, 9.17) is 11.6 Å². The Balaban J connectivity index is 1.57. The molecule has 0 radical (unpaired) electrons. The predicted octanol–water partition coefficient (Wildman–Crippen LogP) is 3.69. The molecular formula is C19H17ClF2N4O. The summed E-state index contributed by atoms with van der Waals surface area (Å²) in [5.74, 6) is -1.02. The third-order valence-electron chi connectivity index (χ3n) is 4.59. The van der Waals surface area contributed by atoms with Crippen LogP contribution in [-0.4, -0.2) is 32.7 Å². The van der Waals surface area contributed by atoms with Crippen molar-refractivity contribution in [3.8, 4) is 11.1 Å². The largest absolute Gasteiger partial charge is 0.361 e. The lowest BCUT2D eigenvalue weighted by Gasteiger charge is -2.33. The summed E-state index contributed by atoms with van der Waals surface area (Å²) in [6, 6.07) is 10.4. The highest BCUT2D eigenvalue weighted by atomic mass is 35.5. The number of aromatic nitrogens is 2. The number of halogens is 3. The Morgan fingerprint density at radius 2 is 1.96 bits per heavy atom. The van der Waals surface area contributed by atoms with Crippen LogP contribution in [-0.2, 0) is 13.1 Å². The van der Waals surface area contributed by atoms with Gasteiger partial charge in [-0.05, 0) is 36.4 Å². The van der Waals surface area contributed by atoms with Gasteiger partial charge in [-0.1, -0.05) is 17.7 Å². The molecule has 5 nitrogen and oxygen atoms in total. The number of hydrogen-bond acceptors (Lipinski definition) is 4. The first-order valence-corrected chi connectivity index (χ1v) is 8.83. The molecule has 1 aliphatic rings. The van der Waals surface area contributed by atoms with Crippen molar-refractivity contribution in [3.05, 3.63) is 71.0 Å². The molecule has 1 unspecified atom stereocenters. The van der Waals surface area contributed by atoms with Crippen molar-refractivity contribution < 1.29 is 13.9 Å². The highest BCUT2D eigenvalue weighted by Gasteiger charge is 2.26. The van der Waals surface area contributed by atoms with Gasteiger partial charge in [-0.25, -0.2) is 8.78 Å². The number of aliphatic hydroxyl groups is 1. The molecule has 2 aromatic carbocycles. The summed E-state index contributed by atoms with van der Waals surface area (Å²) in [6.07, 6.45) is 0.574. The number of hydrogen-bond donors (Lipinski definition) is 2. The minimum Gasteiger partial charge on any atom is -0.361 e. The molecule has 1 aliphatic heterocycles. The fraction of sp³-hybridized carbons (Fsp3) is 0.211. The summed E-state index contributed by atoms with van der Waals surface area (Å²) < 4.78 is 29.5. The lowest BCUT2D eigenvalue weighted by atomic mass is 10.0. The van der Waals surface area contributed by atoms with E-state index in [2.05, 4.69) is 10.4 Å². The molecule has 0 amide bonds. The summed E-state index contributed by atoms with van der Waals surface area (Å²) in [7, 11) is 0. The van der Waals surface area contributed by atoms with Gasteiger partial charge in [0.1, 0.15) is 11.6 Å². The Morgan fingerprint density at radius 1 is 1.11 bits per heavy atom. The van der Waals surface area contributed by atoms with E-state index in [-0.39, 0.29) is 5.56 Å². The monoisotopic (exact) mass is 390 g/mol. The minimum absolute atomic E-state index is 0.162. The molecule has 4 rings (SSSR count). The summed E-state index contributed by atoms with van der Waals surface area (Å²) in [6.45, 7) is 1.41. The second-order valence-corrected chi connectivity index (χ2v) is 6.79. The fourth-order valence-corrected chi connectivity index (χ4v) is 3.41. The molecule has 140 valence electrons. The van der Waals surface area contributed by atoms with E-state index < -0.39 is 18.0 Å². The van der Waals surface area contributed by atoms with E-state index in [1.165, 1.54) is 6.20 Å². The lowest BCUT2D eigenvalue weighted by Crippen LogP contribution is -2.45. The van der Waals surface area contributed by atoms with Crippen LogP contribution in [0.25, 0.3) is 11.1 Å². The smallest absolute Gasteiger partial charge is 0.184 e. The van der Waals surface area contributed by atoms with E-state index in [0.29, 0.717) is 35.9 Å². The van der Waals surface area contributed by atoms with Crippen LogP contribution in [0.1, 0.15) is 5.69 Å². The molecule has 27 heavy (non-hydrogen) atoms. The van der Waals surface area contributed by atoms with E-state index in [9.17, 15) is 13.9 Å². The second-order valence-electron chi connectivity index (χ2n) is 6.35. The van der Waals surface area contributed by atoms with Gasteiger partial charge < -0.3 is 10.4 Å². The Labute approximate surface area is 159 Å². The minimum atomic E-state index is -0.961. The van der Waals surface area contributed by atoms with Gasteiger partial charge in [0, 0.05) is 34.9 Å². The van der Waals surface area contributed by atoms with E-state index in [1.54, 1.807) is 33.8 Å². The zero-order valence-corrected chi connectivity index (χ0v) is 15.0.